The standard InChI is InChI=1S/C26H21F2NO/c1-2-29-25(18-7-12-20(27)13-8-18)24-22-6-4-3-5-17(22)11-16-23(24)30-26(29)19-9-14-21(28)15-10-19/h3-16,25-26H,2H2,1H3. The van der Waals surface area contributed by atoms with E-state index >= 15 is 0 Å². The second kappa shape index (κ2) is 7.54. The van der Waals surface area contributed by atoms with Crippen LogP contribution < -0.4 is 4.74 Å². The molecule has 5 rings (SSSR count). The highest BCUT2D eigenvalue weighted by atomic mass is 19.1. The van der Waals surface area contributed by atoms with Crippen molar-refractivity contribution in [3.05, 3.63) is 113 Å². The quantitative estimate of drug-likeness (QED) is 0.382. The van der Waals surface area contributed by atoms with Crippen LogP contribution in [-0.4, -0.2) is 11.4 Å². The molecule has 0 aliphatic carbocycles. The lowest BCUT2D eigenvalue weighted by atomic mass is 9.89. The van der Waals surface area contributed by atoms with Gasteiger partial charge in [-0.25, -0.2) is 8.78 Å². The van der Waals surface area contributed by atoms with E-state index in [2.05, 4.69) is 30.0 Å². The Morgan fingerprint density at radius 1 is 0.767 bits per heavy atom. The average molecular weight is 401 g/mol. The first-order chi connectivity index (χ1) is 14.7. The number of fused-ring (bicyclic) bond motifs is 3. The molecule has 1 aliphatic rings. The molecule has 0 amide bonds. The van der Waals surface area contributed by atoms with Crippen LogP contribution in [0.25, 0.3) is 10.8 Å². The summed E-state index contributed by atoms with van der Waals surface area (Å²) in [5.41, 5.74) is 2.94. The van der Waals surface area contributed by atoms with E-state index in [-0.39, 0.29) is 23.9 Å². The minimum atomic E-state index is -0.376. The fourth-order valence-corrected chi connectivity index (χ4v) is 4.39. The Morgan fingerprint density at radius 2 is 1.40 bits per heavy atom. The highest BCUT2D eigenvalue weighted by Crippen LogP contribution is 2.48. The number of halogens is 2. The average Bonchev–Trinajstić information content (AvgIpc) is 2.79. The van der Waals surface area contributed by atoms with E-state index in [4.69, 9.17) is 4.74 Å². The predicted octanol–water partition coefficient (Wildman–Crippen LogP) is 6.62. The molecule has 1 aliphatic heterocycles. The second-order valence-electron chi connectivity index (χ2n) is 7.50. The Balaban J connectivity index is 1.75. The molecule has 0 N–H and O–H groups in total. The highest BCUT2D eigenvalue weighted by Gasteiger charge is 2.37. The molecule has 4 heteroatoms. The van der Waals surface area contributed by atoms with Crippen molar-refractivity contribution in [2.24, 2.45) is 0 Å². The third-order valence-corrected chi connectivity index (χ3v) is 5.78. The molecule has 0 bridgehead atoms. The molecular formula is C26H21F2NO. The van der Waals surface area contributed by atoms with Crippen LogP contribution in [0.4, 0.5) is 8.78 Å². The molecule has 0 saturated heterocycles. The van der Waals surface area contributed by atoms with Gasteiger partial charge in [0.2, 0.25) is 0 Å². The number of hydrogen-bond donors (Lipinski definition) is 0. The summed E-state index contributed by atoms with van der Waals surface area (Å²) in [4.78, 5) is 2.23. The number of benzene rings is 4. The van der Waals surface area contributed by atoms with Crippen LogP contribution in [0.5, 0.6) is 5.75 Å². The van der Waals surface area contributed by atoms with Gasteiger partial charge in [0.05, 0.1) is 6.04 Å². The van der Waals surface area contributed by atoms with Crippen molar-refractivity contribution in [2.45, 2.75) is 19.2 Å². The first kappa shape index (κ1) is 18.8. The zero-order valence-corrected chi connectivity index (χ0v) is 16.6. The van der Waals surface area contributed by atoms with E-state index in [9.17, 15) is 8.78 Å². The van der Waals surface area contributed by atoms with Crippen molar-refractivity contribution in [1.29, 1.82) is 0 Å². The summed E-state index contributed by atoms with van der Waals surface area (Å²) >= 11 is 0. The van der Waals surface area contributed by atoms with E-state index in [1.165, 1.54) is 24.3 Å². The van der Waals surface area contributed by atoms with Crippen molar-refractivity contribution in [2.75, 3.05) is 6.54 Å². The molecule has 30 heavy (non-hydrogen) atoms. The maximum absolute atomic E-state index is 13.7. The lowest BCUT2D eigenvalue weighted by molar-refractivity contribution is -0.0149. The summed E-state index contributed by atoms with van der Waals surface area (Å²) in [5.74, 6) is 0.253. The van der Waals surface area contributed by atoms with Crippen molar-refractivity contribution >= 4 is 10.8 Å². The van der Waals surface area contributed by atoms with E-state index in [1.807, 2.05) is 30.3 Å². The molecule has 2 atom stereocenters. The lowest BCUT2D eigenvalue weighted by Crippen LogP contribution is -2.40. The molecule has 2 nitrogen and oxygen atoms in total. The van der Waals surface area contributed by atoms with Crippen molar-refractivity contribution in [1.82, 2.24) is 4.90 Å². The molecule has 0 spiro atoms. The van der Waals surface area contributed by atoms with Crippen molar-refractivity contribution in [3.63, 3.8) is 0 Å². The molecule has 0 fully saturated rings. The van der Waals surface area contributed by atoms with Gasteiger partial charge in [-0.05, 0) is 46.7 Å². The summed E-state index contributed by atoms with van der Waals surface area (Å²) in [7, 11) is 0. The third-order valence-electron chi connectivity index (χ3n) is 5.78. The van der Waals surface area contributed by atoms with Crippen LogP contribution in [0.2, 0.25) is 0 Å². The SMILES string of the molecule is CCN1C(c2ccc(F)cc2)Oc2ccc3ccccc3c2C1c1ccc(F)cc1. The van der Waals surface area contributed by atoms with Gasteiger partial charge >= 0.3 is 0 Å². The number of ether oxygens (including phenoxy) is 1. The topological polar surface area (TPSA) is 12.5 Å². The Morgan fingerprint density at radius 3 is 2.07 bits per heavy atom. The van der Waals surface area contributed by atoms with Gasteiger partial charge in [-0.15, -0.1) is 0 Å². The minimum Gasteiger partial charge on any atom is -0.470 e. The Bertz CT molecular complexity index is 1190. The molecular weight excluding hydrogens is 380 g/mol. The van der Waals surface area contributed by atoms with Gasteiger partial charge < -0.3 is 4.74 Å². The zero-order chi connectivity index (χ0) is 20.7. The number of rotatable bonds is 3. The van der Waals surface area contributed by atoms with Gasteiger partial charge in [0, 0.05) is 17.7 Å². The maximum atomic E-state index is 13.7. The zero-order valence-electron chi connectivity index (χ0n) is 16.6. The molecule has 4 aromatic rings. The summed E-state index contributed by atoms with van der Waals surface area (Å²) in [6.45, 7) is 2.78. The maximum Gasteiger partial charge on any atom is 0.179 e. The van der Waals surface area contributed by atoms with E-state index in [0.717, 1.165) is 33.2 Å². The Labute approximate surface area is 174 Å². The van der Waals surface area contributed by atoms with Gasteiger partial charge in [0.15, 0.2) is 6.23 Å². The van der Waals surface area contributed by atoms with Crippen LogP contribution in [0.3, 0.4) is 0 Å². The van der Waals surface area contributed by atoms with Gasteiger partial charge in [0.1, 0.15) is 17.4 Å². The molecule has 2 unspecified atom stereocenters. The predicted molar refractivity (Wildman–Crippen MR) is 114 cm³/mol. The highest BCUT2D eigenvalue weighted by molar-refractivity contribution is 5.89. The summed E-state index contributed by atoms with van der Waals surface area (Å²) in [5, 5.41) is 2.24. The Kier molecular flexibility index (Phi) is 4.72. The lowest BCUT2D eigenvalue weighted by Gasteiger charge is -2.43. The number of hydrogen-bond acceptors (Lipinski definition) is 2. The van der Waals surface area contributed by atoms with Crippen LogP contribution >= 0.6 is 0 Å². The minimum absolute atomic E-state index is 0.125. The largest absolute Gasteiger partial charge is 0.470 e. The first-order valence-electron chi connectivity index (χ1n) is 10.1. The smallest absolute Gasteiger partial charge is 0.179 e. The fourth-order valence-electron chi connectivity index (χ4n) is 4.39. The summed E-state index contributed by atoms with van der Waals surface area (Å²) in [6.07, 6.45) is -0.376. The van der Waals surface area contributed by atoms with Crippen LogP contribution in [0.15, 0.2) is 84.9 Å². The number of nitrogens with zero attached hydrogens (tertiary/aromatic N) is 1. The molecule has 150 valence electrons. The second-order valence-corrected chi connectivity index (χ2v) is 7.50. The van der Waals surface area contributed by atoms with Gasteiger partial charge in [-0.3, -0.25) is 4.90 Å². The van der Waals surface area contributed by atoms with Crippen LogP contribution in [0, 0.1) is 11.6 Å². The van der Waals surface area contributed by atoms with Gasteiger partial charge in [-0.1, -0.05) is 61.5 Å². The molecule has 0 aromatic heterocycles. The van der Waals surface area contributed by atoms with Crippen LogP contribution in [0.1, 0.15) is 35.9 Å². The molecule has 0 saturated carbocycles. The van der Waals surface area contributed by atoms with Crippen molar-refractivity contribution in [3.8, 4) is 5.75 Å². The van der Waals surface area contributed by atoms with Gasteiger partial charge in [-0.2, -0.15) is 0 Å². The summed E-state index contributed by atoms with van der Waals surface area (Å²) < 4.78 is 33.7. The Hall–Kier alpha value is -3.24. The third kappa shape index (κ3) is 3.14. The molecule has 4 aromatic carbocycles. The monoisotopic (exact) mass is 401 g/mol. The fraction of sp³-hybridized carbons (Fsp3) is 0.154. The first-order valence-corrected chi connectivity index (χ1v) is 10.1. The van der Waals surface area contributed by atoms with Gasteiger partial charge in [0.25, 0.3) is 0 Å². The van der Waals surface area contributed by atoms with Crippen LogP contribution in [-0.2, 0) is 0 Å². The van der Waals surface area contributed by atoms with E-state index < -0.39 is 0 Å². The van der Waals surface area contributed by atoms with Crippen molar-refractivity contribution < 1.29 is 13.5 Å². The van der Waals surface area contributed by atoms with E-state index in [0.29, 0.717) is 6.54 Å². The molecule has 1 heterocycles. The molecule has 0 radical (unpaired) electrons. The normalized spacial score (nSPS) is 18.8. The van der Waals surface area contributed by atoms with E-state index in [1.54, 1.807) is 12.1 Å². The summed E-state index contributed by atoms with van der Waals surface area (Å²) in [6, 6.07) is 25.2.